The predicted molar refractivity (Wildman–Crippen MR) is 75.8 cm³/mol. The molecule has 1 unspecified atom stereocenters. The van der Waals surface area contributed by atoms with Crippen molar-refractivity contribution in [3.8, 4) is 5.75 Å². The van der Waals surface area contributed by atoms with Crippen molar-refractivity contribution >= 4 is 0 Å². The number of nitrogens with zero attached hydrogens (tertiary/aromatic N) is 1. The second kappa shape index (κ2) is 4.93. The molecule has 100 valence electrons. The summed E-state index contributed by atoms with van der Waals surface area (Å²) in [6.45, 7) is 4.73. The van der Waals surface area contributed by atoms with Crippen molar-refractivity contribution in [3.63, 3.8) is 0 Å². The molecule has 2 heteroatoms. The number of hydrogen-bond donors (Lipinski definition) is 1. The fraction of sp³-hybridized carbons (Fsp3) is 0.625. The van der Waals surface area contributed by atoms with Gasteiger partial charge in [0.25, 0.3) is 0 Å². The van der Waals surface area contributed by atoms with Gasteiger partial charge in [-0.3, -0.25) is 0 Å². The van der Waals surface area contributed by atoms with E-state index in [0.29, 0.717) is 5.75 Å². The van der Waals surface area contributed by atoms with Crippen LogP contribution in [0.3, 0.4) is 0 Å². The van der Waals surface area contributed by atoms with Crippen LogP contribution in [0.1, 0.15) is 38.2 Å². The Labute approximate surface area is 111 Å². The monoisotopic (exact) mass is 248 g/mol. The number of likely N-dealkylation sites (N-methyl/N-ethyl adjacent to an activating group) is 1. The SMILES string of the molecule is CCC1(c2cccc(O)c2)CCCC[N+](C)(C)C1. The summed E-state index contributed by atoms with van der Waals surface area (Å²) in [5, 5.41) is 9.75. The lowest BCUT2D eigenvalue weighted by molar-refractivity contribution is -0.893. The maximum Gasteiger partial charge on any atom is 0.115 e. The Morgan fingerprint density at radius 1 is 1.28 bits per heavy atom. The van der Waals surface area contributed by atoms with Crippen LogP contribution in [0.4, 0.5) is 0 Å². The zero-order valence-electron chi connectivity index (χ0n) is 11.9. The highest BCUT2D eigenvalue weighted by Gasteiger charge is 2.39. The second-order valence-corrected chi connectivity index (χ2v) is 6.46. The minimum absolute atomic E-state index is 0.235. The van der Waals surface area contributed by atoms with E-state index >= 15 is 0 Å². The fourth-order valence-corrected chi connectivity index (χ4v) is 3.54. The van der Waals surface area contributed by atoms with Gasteiger partial charge in [-0.15, -0.1) is 0 Å². The van der Waals surface area contributed by atoms with Crippen LogP contribution in [0.5, 0.6) is 5.75 Å². The average molecular weight is 248 g/mol. The van der Waals surface area contributed by atoms with Crippen molar-refractivity contribution in [1.29, 1.82) is 0 Å². The van der Waals surface area contributed by atoms with Gasteiger partial charge < -0.3 is 9.59 Å². The molecule has 1 atom stereocenters. The summed E-state index contributed by atoms with van der Waals surface area (Å²) < 4.78 is 1.09. The number of hydrogen-bond acceptors (Lipinski definition) is 1. The third-order valence-electron chi connectivity index (χ3n) is 4.53. The van der Waals surface area contributed by atoms with Crippen LogP contribution in [0.15, 0.2) is 24.3 Å². The number of benzene rings is 1. The molecular formula is C16H26NO+. The number of aromatic hydroxyl groups is 1. The van der Waals surface area contributed by atoms with Crippen LogP contribution in [-0.4, -0.2) is 36.8 Å². The Hall–Kier alpha value is -1.02. The molecule has 0 spiro atoms. The summed E-state index contributed by atoms with van der Waals surface area (Å²) in [7, 11) is 4.66. The second-order valence-electron chi connectivity index (χ2n) is 6.46. The number of phenolic OH excluding ortho intramolecular Hbond substituents is 1. The Morgan fingerprint density at radius 2 is 2.06 bits per heavy atom. The zero-order chi connectivity index (χ0) is 13.2. The minimum atomic E-state index is 0.235. The molecular weight excluding hydrogens is 222 g/mol. The van der Waals surface area contributed by atoms with Crippen molar-refractivity contribution < 1.29 is 9.59 Å². The molecule has 1 aromatic rings. The van der Waals surface area contributed by atoms with E-state index < -0.39 is 0 Å². The first-order valence-electron chi connectivity index (χ1n) is 7.09. The van der Waals surface area contributed by atoms with E-state index in [1.807, 2.05) is 12.1 Å². The van der Waals surface area contributed by atoms with E-state index in [4.69, 9.17) is 0 Å². The van der Waals surface area contributed by atoms with Gasteiger partial charge in [-0.1, -0.05) is 19.1 Å². The van der Waals surface area contributed by atoms with Crippen molar-refractivity contribution in [2.45, 2.75) is 38.0 Å². The minimum Gasteiger partial charge on any atom is -0.508 e. The highest BCUT2D eigenvalue weighted by atomic mass is 16.3. The van der Waals surface area contributed by atoms with Gasteiger partial charge in [0.2, 0.25) is 0 Å². The van der Waals surface area contributed by atoms with Crippen molar-refractivity contribution in [2.24, 2.45) is 0 Å². The molecule has 2 nitrogen and oxygen atoms in total. The molecule has 1 heterocycles. The quantitative estimate of drug-likeness (QED) is 0.796. The third kappa shape index (κ3) is 2.69. The van der Waals surface area contributed by atoms with E-state index in [1.54, 1.807) is 6.07 Å². The van der Waals surface area contributed by atoms with Gasteiger partial charge in [-0.2, -0.15) is 0 Å². The van der Waals surface area contributed by atoms with Crippen LogP contribution in [0.25, 0.3) is 0 Å². The van der Waals surface area contributed by atoms with Crippen molar-refractivity contribution in [1.82, 2.24) is 0 Å². The Bertz CT molecular complexity index is 413. The molecule has 1 aliphatic rings. The summed E-state index contributed by atoms with van der Waals surface area (Å²) in [6, 6.07) is 7.90. The largest absolute Gasteiger partial charge is 0.508 e. The molecule has 18 heavy (non-hydrogen) atoms. The predicted octanol–water partition coefficient (Wildman–Crippen LogP) is 3.30. The van der Waals surface area contributed by atoms with E-state index in [0.717, 1.165) is 10.9 Å². The Kier molecular flexibility index (Phi) is 3.67. The van der Waals surface area contributed by atoms with Gasteiger partial charge in [0.05, 0.1) is 27.2 Å². The Balaban J connectivity index is 2.39. The molecule has 2 rings (SSSR count). The van der Waals surface area contributed by atoms with Gasteiger partial charge in [0.1, 0.15) is 5.75 Å². The zero-order valence-corrected chi connectivity index (χ0v) is 11.9. The van der Waals surface area contributed by atoms with Crippen molar-refractivity contribution in [3.05, 3.63) is 29.8 Å². The van der Waals surface area contributed by atoms with E-state index in [-0.39, 0.29) is 5.41 Å². The van der Waals surface area contributed by atoms with E-state index in [2.05, 4.69) is 27.1 Å². The number of phenols is 1. The standard InChI is InChI=1S/C16H25NO/c1-4-16(14-8-7-9-15(18)12-14)10-5-6-11-17(2,3)13-16/h7-9,12H,4-6,10-11,13H2,1-3H3/p+1. The first-order valence-corrected chi connectivity index (χ1v) is 7.09. The first kappa shape index (κ1) is 13.4. The number of rotatable bonds is 2. The maximum atomic E-state index is 9.75. The molecule has 1 N–H and O–H groups in total. The van der Waals surface area contributed by atoms with Crippen LogP contribution >= 0.6 is 0 Å². The highest BCUT2D eigenvalue weighted by molar-refractivity contribution is 5.33. The topological polar surface area (TPSA) is 20.2 Å². The summed E-state index contributed by atoms with van der Waals surface area (Å²) in [5.41, 5.74) is 1.55. The summed E-state index contributed by atoms with van der Waals surface area (Å²) in [5.74, 6) is 0.398. The van der Waals surface area contributed by atoms with Crippen LogP contribution in [-0.2, 0) is 5.41 Å². The van der Waals surface area contributed by atoms with Gasteiger partial charge in [0.15, 0.2) is 0 Å². The summed E-state index contributed by atoms with van der Waals surface area (Å²) in [6.07, 6.45) is 5.01. The molecule has 0 radical (unpaired) electrons. The third-order valence-corrected chi connectivity index (χ3v) is 4.53. The van der Waals surface area contributed by atoms with Crippen LogP contribution in [0.2, 0.25) is 0 Å². The maximum absolute atomic E-state index is 9.75. The molecule has 0 saturated carbocycles. The molecule has 0 bridgehead atoms. The van der Waals surface area contributed by atoms with Gasteiger partial charge >= 0.3 is 0 Å². The molecule has 1 aromatic carbocycles. The summed E-state index contributed by atoms with van der Waals surface area (Å²) >= 11 is 0. The Morgan fingerprint density at radius 3 is 2.72 bits per heavy atom. The molecule has 0 amide bonds. The van der Waals surface area contributed by atoms with Gasteiger partial charge in [0, 0.05) is 5.41 Å². The smallest absolute Gasteiger partial charge is 0.115 e. The van der Waals surface area contributed by atoms with Gasteiger partial charge in [-0.05, 0) is 43.4 Å². The van der Waals surface area contributed by atoms with E-state index in [9.17, 15) is 5.11 Å². The highest BCUT2D eigenvalue weighted by Crippen LogP contribution is 2.38. The van der Waals surface area contributed by atoms with Gasteiger partial charge in [-0.25, -0.2) is 0 Å². The van der Waals surface area contributed by atoms with Crippen molar-refractivity contribution in [2.75, 3.05) is 27.2 Å². The lowest BCUT2D eigenvalue weighted by Gasteiger charge is -2.39. The molecule has 1 fully saturated rings. The normalized spacial score (nSPS) is 27.7. The molecule has 1 saturated heterocycles. The lowest BCUT2D eigenvalue weighted by atomic mass is 9.74. The number of likely N-dealkylation sites (tertiary alicyclic amines) is 1. The number of quaternary nitrogens is 1. The van der Waals surface area contributed by atoms with Crippen LogP contribution < -0.4 is 0 Å². The van der Waals surface area contributed by atoms with Crippen LogP contribution in [0, 0.1) is 0 Å². The lowest BCUT2D eigenvalue weighted by Crippen LogP contribution is -2.48. The van der Waals surface area contributed by atoms with E-state index in [1.165, 1.54) is 37.9 Å². The molecule has 1 aliphatic heterocycles. The first-order chi connectivity index (χ1) is 8.47. The average Bonchev–Trinajstić information content (AvgIpc) is 2.48. The molecule has 0 aliphatic carbocycles. The fourth-order valence-electron chi connectivity index (χ4n) is 3.54. The summed E-state index contributed by atoms with van der Waals surface area (Å²) in [4.78, 5) is 0. The molecule has 0 aromatic heterocycles.